The molecule has 0 bridgehead atoms. The van der Waals surface area contributed by atoms with Gasteiger partial charge in [-0.15, -0.1) is 0 Å². The Bertz CT molecular complexity index is 681. The fourth-order valence-corrected chi connectivity index (χ4v) is 1.62. The van der Waals surface area contributed by atoms with E-state index in [0.29, 0.717) is 0 Å². The summed E-state index contributed by atoms with van der Waals surface area (Å²) in [6.45, 7) is 0. The van der Waals surface area contributed by atoms with Gasteiger partial charge in [-0.2, -0.15) is 0 Å². The van der Waals surface area contributed by atoms with Crippen molar-refractivity contribution in [2.24, 2.45) is 0 Å². The number of phenolic OH excluding ortho intramolecular Hbond substituents is 2. The molecule has 0 atom stereocenters. The minimum Gasteiger partial charge on any atom is -0.504 e. The van der Waals surface area contributed by atoms with Gasteiger partial charge in [0.2, 0.25) is 0 Å². The molecule has 0 heterocycles. The first-order chi connectivity index (χ1) is 11.3. The second kappa shape index (κ2) is 10.1. The topological polar surface area (TPSA) is 134 Å². The second-order valence-corrected chi connectivity index (χ2v) is 4.38. The van der Waals surface area contributed by atoms with Crippen molar-refractivity contribution >= 4 is 11.9 Å². The molecule has 0 aliphatic heterocycles. The van der Waals surface area contributed by atoms with Crippen molar-refractivity contribution in [2.75, 3.05) is 14.2 Å². The molecule has 0 aliphatic rings. The van der Waals surface area contributed by atoms with Crippen LogP contribution < -0.4 is 9.47 Å². The SMILES string of the molecule is COc1cc(C(=O)O)ccc1O.COc1cc(C(=O)O)ccc1O.[Cu]. The molecular formula is C16H16CuO8. The number of methoxy groups -OCH3 is 2. The van der Waals surface area contributed by atoms with Gasteiger partial charge in [-0.05, 0) is 36.4 Å². The second-order valence-electron chi connectivity index (χ2n) is 4.38. The summed E-state index contributed by atoms with van der Waals surface area (Å²) in [5.41, 5.74) is 0.175. The van der Waals surface area contributed by atoms with Crippen LogP contribution in [0.4, 0.5) is 0 Å². The van der Waals surface area contributed by atoms with Crippen molar-refractivity contribution < 1.29 is 56.6 Å². The van der Waals surface area contributed by atoms with E-state index in [9.17, 15) is 9.59 Å². The molecule has 1 radical (unpaired) electrons. The van der Waals surface area contributed by atoms with Gasteiger partial charge in [0.15, 0.2) is 23.0 Å². The van der Waals surface area contributed by atoms with Gasteiger partial charge in [0, 0.05) is 17.1 Å². The largest absolute Gasteiger partial charge is 0.504 e. The predicted octanol–water partition coefficient (Wildman–Crippen LogP) is 2.20. The van der Waals surface area contributed by atoms with E-state index < -0.39 is 11.9 Å². The summed E-state index contributed by atoms with van der Waals surface area (Å²) in [6.07, 6.45) is 0. The van der Waals surface area contributed by atoms with Gasteiger partial charge in [-0.3, -0.25) is 0 Å². The Hall–Kier alpha value is -2.90. The molecule has 0 aromatic heterocycles. The fraction of sp³-hybridized carbons (Fsp3) is 0.125. The molecule has 2 aromatic rings. The molecule has 8 nitrogen and oxygen atoms in total. The van der Waals surface area contributed by atoms with Gasteiger partial charge in [0.05, 0.1) is 25.3 Å². The van der Waals surface area contributed by atoms with E-state index >= 15 is 0 Å². The summed E-state index contributed by atoms with van der Waals surface area (Å²) in [7, 11) is 2.72. The quantitative estimate of drug-likeness (QED) is 0.575. The maximum absolute atomic E-state index is 10.4. The number of aromatic hydroxyl groups is 2. The molecule has 0 saturated carbocycles. The van der Waals surface area contributed by atoms with Gasteiger partial charge < -0.3 is 29.9 Å². The van der Waals surface area contributed by atoms with Crippen molar-refractivity contribution in [2.45, 2.75) is 0 Å². The minimum absolute atomic E-state index is 0. The Morgan fingerprint density at radius 2 is 1.08 bits per heavy atom. The molecule has 2 rings (SSSR count). The first-order valence-corrected chi connectivity index (χ1v) is 6.50. The number of phenols is 2. The average molecular weight is 400 g/mol. The van der Waals surface area contributed by atoms with E-state index in [4.69, 9.17) is 29.9 Å². The summed E-state index contributed by atoms with van der Waals surface area (Å²) in [6, 6.07) is 7.69. The van der Waals surface area contributed by atoms with E-state index in [1.807, 2.05) is 0 Å². The molecule has 0 fully saturated rings. The predicted molar refractivity (Wildman–Crippen MR) is 83.2 cm³/mol. The zero-order valence-electron chi connectivity index (χ0n) is 13.2. The molecule has 4 N–H and O–H groups in total. The zero-order chi connectivity index (χ0) is 18.3. The molecule has 2 aromatic carbocycles. The summed E-state index contributed by atoms with van der Waals surface area (Å²) < 4.78 is 9.44. The first kappa shape index (κ1) is 22.1. The van der Waals surface area contributed by atoms with Crippen LogP contribution in [-0.4, -0.2) is 46.6 Å². The minimum atomic E-state index is -1.05. The monoisotopic (exact) mass is 399 g/mol. The normalized spacial score (nSPS) is 9.04. The third kappa shape index (κ3) is 6.25. The van der Waals surface area contributed by atoms with Crippen LogP contribution in [0, 0.1) is 0 Å². The molecule has 9 heteroatoms. The number of rotatable bonds is 4. The van der Waals surface area contributed by atoms with E-state index in [1.165, 1.54) is 50.6 Å². The van der Waals surface area contributed by atoms with E-state index in [-0.39, 0.29) is 51.2 Å². The molecule has 139 valence electrons. The molecule has 0 aliphatic carbocycles. The molecule has 0 unspecified atom stereocenters. The number of hydrogen-bond donors (Lipinski definition) is 4. The maximum Gasteiger partial charge on any atom is 0.335 e. The number of ether oxygens (including phenoxy) is 2. The standard InChI is InChI=1S/2C8H8O4.Cu/c2*1-12-7-4-5(8(10)11)2-3-6(7)9;/h2*2-4,9H,1H3,(H,10,11);. The van der Waals surface area contributed by atoms with Crippen molar-refractivity contribution in [1.82, 2.24) is 0 Å². The van der Waals surface area contributed by atoms with Crippen LogP contribution in [-0.2, 0) is 17.1 Å². The fourth-order valence-electron chi connectivity index (χ4n) is 1.62. The Morgan fingerprint density at radius 3 is 1.32 bits per heavy atom. The Kier molecular flexibility index (Phi) is 8.90. The number of carboxylic acids is 2. The Labute approximate surface area is 153 Å². The number of aromatic carboxylic acids is 2. The average Bonchev–Trinajstić information content (AvgIpc) is 2.55. The number of carboxylic acid groups (broad SMARTS) is 2. The van der Waals surface area contributed by atoms with Gasteiger partial charge >= 0.3 is 11.9 Å². The van der Waals surface area contributed by atoms with Crippen LogP contribution in [0.2, 0.25) is 0 Å². The van der Waals surface area contributed by atoms with E-state index in [1.54, 1.807) is 0 Å². The summed E-state index contributed by atoms with van der Waals surface area (Å²) in [5, 5.41) is 35.3. The molecule has 0 amide bonds. The number of benzene rings is 2. The zero-order valence-corrected chi connectivity index (χ0v) is 14.1. The third-order valence-electron chi connectivity index (χ3n) is 2.85. The van der Waals surface area contributed by atoms with Crippen LogP contribution in [0.5, 0.6) is 23.0 Å². The number of hydrogen-bond acceptors (Lipinski definition) is 6. The molecule has 0 spiro atoms. The number of carbonyl (C=O) groups is 2. The van der Waals surface area contributed by atoms with Gasteiger partial charge in [-0.1, -0.05) is 0 Å². The summed E-state index contributed by atoms with van der Waals surface area (Å²) >= 11 is 0. The first-order valence-electron chi connectivity index (χ1n) is 6.50. The van der Waals surface area contributed by atoms with Crippen LogP contribution in [0.15, 0.2) is 36.4 Å². The molecule has 0 saturated heterocycles. The summed E-state index contributed by atoms with van der Waals surface area (Å²) in [4.78, 5) is 20.9. The summed E-state index contributed by atoms with van der Waals surface area (Å²) in [5.74, 6) is -1.91. The van der Waals surface area contributed by atoms with Crippen LogP contribution in [0.3, 0.4) is 0 Å². The van der Waals surface area contributed by atoms with Crippen molar-refractivity contribution in [3.8, 4) is 23.0 Å². The van der Waals surface area contributed by atoms with E-state index in [0.717, 1.165) is 0 Å². The van der Waals surface area contributed by atoms with Crippen LogP contribution in [0.25, 0.3) is 0 Å². The van der Waals surface area contributed by atoms with Crippen molar-refractivity contribution in [3.05, 3.63) is 47.5 Å². The van der Waals surface area contributed by atoms with Gasteiger partial charge in [0.25, 0.3) is 0 Å². The van der Waals surface area contributed by atoms with Crippen LogP contribution >= 0.6 is 0 Å². The molecule has 25 heavy (non-hydrogen) atoms. The van der Waals surface area contributed by atoms with Crippen molar-refractivity contribution in [3.63, 3.8) is 0 Å². The van der Waals surface area contributed by atoms with Crippen LogP contribution in [0.1, 0.15) is 20.7 Å². The maximum atomic E-state index is 10.4. The Balaban J connectivity index is 0.000000443. The third-order valence-corrected chi connectivity index (χ3v) is 2.85. The van der Waals surface area contributed by atoms with Gasteiger partial charge in [-0.25, -0.2) is 9.59 Å². The Morgan fingerprint density at radius 1 is 0.760 bits per heavy atom. The smallest absolute Gasteiger partial charge is 0.335 e. The van der Waals surface area contributed by atoms with E-state index in [2.05, 4.69) is 0 Å². The molecular weight excluding hydrogens is 384 g/mol. The van der Waals surface area contributed by atoms with Gasteiger partial charge in [0.1, 0.15) is 0 Å². The van der Waals surface area contributed by atoms with Crippen molar-refractivity contribution in [1.29, 1.82) is 0 Å².